The molecule has 0 rings (SSSR count). The maximum absolute atomic E-state index is 11.6. The van der Waals surface area contributed by atoms with E-state index in [0.717, 1.165) is 77.3 Å². The van der Waals surface area contributed by atoms with Gasteiger partial charge in [-0.3, -0.25) is 19.2 Å². The highest BCUT2D eigenvalue weighted by Gasteiger charge is 2.14. The third-order valence-electron chi connectivity index (χ3n) is 7.70. The van der Waals surface area contributed by atoms with E-state index in [2.05, 4.69) is 34.3 Å². The number of hydrogen-bond donors (Lipinski definition) is 4. The summed E-state index contributed by atoms with van der Waals surface area (Å²) >= 11 is 0. The average molecular weight is 737 g/mol. The highest BCUT2D eigenvalue weighted by atomic mass is 16.5. The lowest BCUT2D eigenvalue weighted by Crippen LogP contribution is -2.34. The third-order valence-corrected chi connectivity index (χ3v) is 7.70. The second-order valence-corrected chi connectivity index (χ2v) is 13.5. The van der Waals surface area contributed by atoms with Crippen LogP contribution in [0.2, 0.25) is 0 Å². The number of carbonyl (C=O) groups excluding carboxylic acids is 4. The number of aliphatic hydroxyl groups excluding tert-OH is 2. The molecule has 0 radical (unpaired) electrons. The maximum Gasteiger partial charge on any atom is 0.305 e. The fourth-order valence-corrected chi connectivity index (χ4v) is 4.68. The Hall–Kier alpha value is -3.16. The van der Waals surface area contributed by atoms with E-state index in [1.54, 1.807) is 0 Å². The van der Waals surface area contributed by atoms with Crippen LogP contribution in [0.4, 0.5) is 0 Å². The standard InChI is InChI=1S/2C20H36N2O4/c2*1-4-5-6-7-8-9-10-11-12-13-20(25)26-17-18(23)16-19(24)21-14-15-22(2)3/h2*18,23H,6-17H2,1-3H3,(H,21,24). The van der Waals surface area contributed by atoms with Gasteiger partial charge < -0.3 is 40.1 Å². The van der Waals surface area contributed by atoms with E-state index in [1.165, 1.54) is 25.7 Å². The number of carbonyl (C=O) groups is 4. The second kappa shape index (κ2) is 37.6. The van der Waals surface area contributed by atoms with E-state index >= 15 is 0 Å². The molecular formula is C40H72N4O8. The van der Waals surface area contributed by atoms with Crippen LogP contribution in [0, 0.1) is 23.7 Å². The number of nitrogens with one attached hydrogen (secondary N) is 2. The number of ether oxygens (including phenoxy) is 2. The molecule has 12 nitrogen and oxygen atoms in total. The van der Waals surface area contributed by atoms with Gasteiger partial charge in [0.25, 0.3) is 0 Å². The molecule has 0 heterocycles. The van der Waals surface area contributed by atoms with Crippen LogP contribution in [0.1, 0.15) is 129 Å². The summed E-state index contributed by atoms with van der Waals surface area (Å²) < 4.78 is 10.1. The number of unbranched alkanes of at least 4 members (excludes halogenated alkanes) is 12. The van der Waals surface area contributed by atoms with Crippen molar-refractivity contribution in [2.75, 3.05) is 67.6 Å². The second-order valence-electron chi connectivity index (χ2n) is 13.5. The summed E-state index contributed by atoms with van der Waals surface area (Å²) in [5.41, 5.74) is 0. The van der Waals surface area contributed by atoms with Crippen LogP contribution in [-0.2, 0) is 28.7 Å². The molecule has 2 amide bonds. The van der Waals surface area contributed by atoms with Gasteiger partial charge in [0.15, 0.2) is 0 Å². The van der Waals surface area contributed by atoms with Crippen molar-refractivity contribution in [2.45, 2.75) is 142 Å². The van der Waals surface area contributed by atoms with Crippen LogP contribution in [0.3, 0.4) is 0 Å². The van der Waals surface area contributed by atoms with Gasteiger partial charge in [-0.1, -0.05) is 51.4 Å². The van der Waals surface area contributed by atoms with Gasteiger partial charge in [-0.25, -0.2) is 0 Å². The molecule has 0 fully saturated rings. The van der Waals surface area contributed by atoms with Crippen LogP contribution < -0.4 is 10.6 Å². The Labute approximate surface area is 315 Å². The molecule has 0 aromatic heterocycles. The van der Waals surface area contributed by atoms with Gasteiger partial charge in [0.1, 0.15) is 13.2 Å². The topological polar surface area (TPSA) is 158 Å². The van der Waals surface area contributed by atoms with Crippen molar-refractivity contribution in [3.63, 3.8) is 0 Å². The normalized spacial score (nSPS) is 11.6. The van der Waals surface area contributed by atoms with E-state index in [-0.39, 0.29) is 49.8 Å². The predicted octanol–water partition coefficient (Wildman–Crippen LogP) is 4.21. The molecule has 2 atom stereocenters. The third kappa shape index (κ3) is 41.3. The van der Waals surface area contributed by atoms with E-state index in [0.29, 0.717) is 25.9 Å². The molecule has 0 spiro atoms. The molecule has 0 aromatic rings. The van der Waals surface area contributed by atoms with E-state index in [1.807, 2.05) is 51.8 Å². The number of amides is 2. The molecule has 2 unspecified atom stereocenters. The number of likely N-dealkylation sites (N-methyl/N-ethyl adjacent to an activating group) is 2. The minimum absolute atomic E-state index is 0.0525. The molecule has 0 bridgehead atoms. The van der Waals surface area contributed by atoms with Crippen molar-refractivity contribution in [3.05, 3.63) is 0 Å². The van der Waals surface area contributed by atoms with Crippen LogP contribution in [-0.4, -0.2) is 124 Å². The quantitative estimate of drug-likeness (QED) is 0.0479. The minimum Gasteiger partial charge on any atom is -0.463 e. The molecule has 0 saturated heterocycles. The van der Waals surface area contributed by atoms with Gasteiger partial charge in [-0.15, -0.1) is 23.7 Å². The highest BCUT2D eigenvalue weighted by Crippen LogP contribution is 2.10. The summed E-state index contributed by atoms with van der Waals surface area (Å²) in [4.78, 5) is 50.4. The first kappa shape index (κ1) is 50.9. The summed E-state index contributed by atoms with van der Waals surface area (Å²) in [5, 5.41) is 24.9. The van der Waals surface area contributed by atoms with Crippen molar-refractivity contribution >= 4 is 23.8 Å². The Bertz CT molecular complexity index is 964. The molecule has 12 heteroatoms. The summed E-state index contributed by atoms with van der Waals surface area (Å²) in [6, 6.07) is 0. The Kier molecular flexibility index (Phi) is 36.8. The van der Waals surface area contributed by atoms with Crippen LogP contribution in [0.5, 0.6) is 0 Å². The van der Waals surface area contributed by atoms with Gasteiger partial charge in [-0.05, 0) is 67.7 Å². The zero-order chi connectivity index (χ0) is 39.2. The van der Waals surface area contributed by atoms with Gasteiger partial charge >= 0.3 is 11.9 Å². The van der Waals surface area contributed by atoms with Crippen LogP contribution in [0.25, 0.3) is 0 Å². The molecule has 52 heavy (non-hydrogen) atoms. The van der Waals surface area contributed by atoms with Crippen molar-refractivity contribution in [2.24, 2.45) is 0 Å². The molecule has 0 aromatic carbocycles. The Morgan fingerprint density at radius 1 is 0.558 bits per heavy atom. The molecule has 0 aliphatic heterocycles. The lowest BCUT2D eigenvalue weighted by molar-refractivity contribution is -0.148. The number of aliphatic hydroxyl groups is 2. The fourth-order valence-electron chi connectivity index (χ4n) is 4.68. The molecule has 0 aliphatic carbocycles. The maximum atomic E-state index is 11.6. The SMILES string of the molecule is CC#CCCCCCCCCC(=O)OCC(O)CC(=O)NCCN(C)C.CC#CCCCCCCCCC(=O)OCC(O)CC(=O)NCCN(C)C. The first-order valence-corrected chi connectivity index (χ1v) is 19.2. The van der Waals surface area contributed by atoms with Crippen LogP contribution >= 0.6 is 0 Å². The van der Waals surface area contributed by atoms with Gasteiger partial charge in [0, 0.05) is 51.9 Å². The predicted molar refractivity (Wildman–Crippen MR) is 207 cm³/mol. The largest absolute Gasteiger partial charge is 0.463 e. The monoisotopic (exact) mass is 737 g/mol. The Balaban J connectivity index is 0. The number of esters is 2. The van der Waals surface area contributed by atoms with Crippen molar-refractivity contribution in [1.82, 2.24) is 20.4 Å². The zero-order valence-electron chi connectivity index (χ0n) is 33.4. The van der Waals surface area contributed by atoms with E-state index in [9.17, 15) is 29.4 Å². The minimum atomic E-state index is -0.954. The summed E-state index contributed by atoms with van der Waals surface area (Å²) in [5.74, 6) is 10.8. The van der Waals surface area contributed by atoms with Gasteiger partial charge in [-0.2, -0.15) is 0 Å². The average Bonchev–Trinajstić information content (AvgIpc) is 3.08. The fraction of sp³-hybridized carbons (Fsp3) is 0.800. The highest BCUT2D eigenvalue weighted by molar-refractivity contribution is 5.77. The van der Waals surface area contributed by atoms with Crippen molar-refractivity contribution < 1.29 is 38.9 Å². The Morgan fingerprint density at radius 2 is 0.885 bits per heavy atom. The van der Waals surface area contributed by atoms with Crippen molar-refractivity contribution in [3.8, 4) is 23.7 Å². The summed E-state index contributed by atoms with van der Waals surface area (Å²) in [7, 11) is 7.68. The number of nitrogens with zero attached hydrogens (tertiary/aromatic N) is 2. The first-order valence-electron chi connectivity index (χ1n) is 19.2. The smallest absolute Gasteiger partial charge is 0.305 e. The molecule has 300 valence electrons. The lowest BCUT2D eigenvalue weighted by atomic mass is 10.1. The lowest BCUT2D eigenvalue weighted by Gasteiger charge is -2.13. The van der Waals surface area contributed by atoms with Gasteiger partial charge in [0.05, 0.1) is 25.0 Å². The van der Waals surface area contributed by atoms with Crippen LogP contribution in [0.15, 0.2) is 0 Å². The van der Waals surface area contributed by atoms with E-state index in [4.69, 9.17) is 9.47 Å². The number of hydrogen-bond acceptors (Lipinski definition) is 10. The first-order chi connectivity index (χ1) is 24.9. The van der Waals surface area contributed by atoms with E-state index < -0.39 is 12.2 Å². The zero-order valence-corrected chi connectivity index (χ0v) is 33.4. The number of rotatable bonds is 30. The van der Waals surface area contributed by atoms with Gasteiger partial charge in [0.2, 0.25) is 11.8 Å². The van der Waals surface area contributed by atoms with Crippen molar-refractivity contribution in [1.29, 1.82) is 0 Å². The summed E-state index contributed by atoms with van der Waals surface area (Å²) in [6.45, 7) is 6.01. The summed E-state index contributed by atoms with van der Waals surface area (Å²) in [6.07, 6.45) is 13.5. The molecule has 4 N–H and O–H groups in total. The Morgan fingerprint density at radius 3 is 1.21 bits per heavy atom. The molecule has 0 saturated carbocycles. The molecule has 0 aliphatic rings. The molecular weight excluding hydrogens is 664 g/mol.